The van der Waals surface area contributed by atoms with Crippen LogP contribution in [0.25, 0.3) is 22.3 Å². The van der Waals surface area contributed by atoms with Crippen LogP contribution in [0, 0.1) is 11.8 Å². The number of aliphatic hydroxyl groups is 1. The van der Waals surface area contributed by atoms with E-state index in [0.717, 1.165) is 41.5 Å². The number of esters is 1. The van der Waals surface area contributed by atoms with Gasteiger partial charge in [-0.1, -0.05) is 43.9 Å². The van der Waals surface area contributed by atoms with E-state index in [-0.39, 0.29) is 18.6 Å². The van der Waals surface area contributed by atoms with E-state index in [1.54, 1.807) is 17.6 Å². The number of benzene rings is 1. The Morgan fingerprint density at radius 3 is 2.79 bits per heavy atom. The predicted octanol–water partition coefficient (Wildman–Crippen LogP) is 2.77. The Balaban J connectivity index is 1.70. The van der Waals surface area contributed by atoms with Crippen molar-refractivity contribution in [3.63, 3.8) is 0 Å². The van der Waals surface area contributed by atoms with Crippen molar-refractivity contribution in [2.24, 2.45) is 0 Å². The van der Waals surface area contributed by atoms with Crippen LogP contribution in [0.1, 0.15) is 48.9 Å². The summed E-state index contributed by atoms with van der Waals surface area (Å²) >= 11 is 0. The summed E-state index contributed by atoms with van der Waals surface area (Å²) in [6.07, 6.45) is 0.850. The average molecular weight is 458 g/mol. The van der Waals surface area contributed by atoms with Gasteiger partial charge in [-0.2, -0.15) is 0 Å². The van der Waals surface area contributed by atoms with Crippen molar-refractivity contribution in [2.75, 3.05) is 20.1 Å². The largest absolute Gasteiger partial charge is 0.458 e. The van der Waals surface area contributed by atoms with E-state index in [1.807, 2.05) is 24.3 Å². The van der Waals surface area contributed by atoms with E-state index in [0.29, 0.717) is 29.1 Å². The number of rotatable bonds is 4. The predicted molar refractivity (Wildman–Crippen MR) is 129 cm³/mol. The minimum atomic E-state index is -1.84. The first kappa shape index (κ1) is 22.3. The molecule has 0 fully saturated rings. The molecule has 0 saturated heterocycles. The Morgan fingerprint density at radius 1 is 1.24 bits per heavy atom. The van der Waals surface area contributed by atoms with Crippen LogP contribution in [0.4, 0.5) is 0 Å². The fourth-order valence-electron chi connectivity index (χ4n) is 4.73. The van der Waals surface area contributed by atoms with Gasteiger partial charge >= 0.3 is 5.97 Å². The first-order valence-corrected chi connectivity index (χ1v) is 11.6. The Kier molecular flexibility index (Phi) is 5.51. The van der Waals surface area contributed by atoms with Gasteiger partial charge in [0.2, 0.25) is 0 Å². The molecule has 0 spiro atoms. The third-order valence-electron chi connectivity index (χ3n) is 6.97. The molecule has 0 aliphatic carbocycles. The molecule has 0 bridgehead atoms. The molecular formula is C27H27N3O4. The first-order valence-electron chi connectivity index (χ1n) is 11.6. The van der Waals surface area contributed by atoms with Crippen LogP contribution in [0.15, 0.2) is 35.1 Å². The average Bonchev–Trinajstić information content (AvgIpc) is 3.22. The van der Waals surface area contributed by atoms with Crippen LogP contribution in [0.2, 0.25) is 0 Å². The quantitative estimate of drug-likeness (QED) is 0.375. The molecule has 5 rings (SSSR count). The van der Waals surface area contributed by atoms with Gasteiger partial charge in [0.25, 0.3) is 5.56 Å². The van der Waals surface area contributed by atoms with Crippen LogP contribution < -0.4 is 5.56 Å². The number of fused-ring (bicyclic) bond motifs is 5. The van der Waals surface area contributed by atoms with Crippen LogP contribution in [-0.2, 0) is 28.3 Å². The molecule has 0 saturated carbocycles. The lowest BCUT2D eigenvalue weighted by Crippen LogP contribution is -2.44. The molecule has 0 unspecified atom stereocenters. The van der Waals surface area contributed by atoms with Gasteiger partial charge in [0, 0.05) is 35.0 Å². The molecule has 174 valence electrons. The maximum Gasteiger partial charge on any atom is 0.343 e. The number of hydrogen-bond acceptors (Lipinski definition) is 6. The zero-order valence-electron chi connectivity index (χ0n) is 19.6. The summed E-state index contributed by atoms with van der Waals surface area (Å²) in [4.78, 5) is 32.9. The van der Waals surface area contributed by atoms with E-state index >= 15 is 0 Å². The van der Waals surface area contributed by atoms with Gasteiger partial charge in [-0.05, 0) is 32.1 Å². The molecule has 2 aliphatic rings. The van der Waals surface area contributed by atoms with Crippen molar-refractivity contribution < 1.29 is 14.6 Å². The lowest BCUT2D eigenvalue weighted by Gasteiger charge is -2.31. The summed E-state index contributed by atoms with van der Waals surface area (Å²) in [6.45, 7) is 5.86. The standard InChI is InChI=1S/C27H27N3O4/c1-4-27(33)21-14-23-24-19(15-30(23)25(31)20(21)16-34-26(27)32)17(10-8-9-13-29(3)5-2)18-11-6-7-12-22(18)28-24/h6-7,11-12,14,33H,4-5,9,13,15-16H2,1-3H3/t27-/m0/s1. The van der Waals surface area contributed by atoms with E-state index in [1.165, 1.54) is 0 Å². The number of aromatic nitrogens is 2. The Bertz CT molecular complexity index is 1450. The number of carbonyl (C=O) groups is 1. The number of nitrogens with zero attached hydrogens (tertiary/aromatic N) is 3. The van der Waals surface area contributed by atoms with Crippen LogP contribution in [0.3, 0.4) is 0 Å². The molecule has 7 heteroatoms. The van der Waals surface area contributed by atoms with Crippen molar-refractivity contribution in [2.45, 2.75) is 45.4 Å². The molecule has 34 heavy (non-hydrogen) atoms. The number of ether oxygens (including phenoxy) is 1. The van der Waals surface area contributed by atoms with Crippen LogP contribution in [-0.4, -0.2) is 45.7 Å². The highest BCUT2D eigenvalue weighted by molar-refractivity contribution is 5.91. The van der Waals surface area contributed by atoms with Gasteiger partial charge in [0.05, 0.1) is 29.0 Å². The van der Waals surface area contributed by atoms with Gasteiger partial charge in [0.15, 0.2) is 5.60 Å². The van der Waals surface area contributed by atoms with Crippen molar-refractivity contribution >= 4 is 16.9 Å². The number of para-hydroxylation sites is 1. The Morgan fingerprint density at radius 2 is 2.03 bits per heavy atom. The zero-order chi connectivity index (χ0) is 24.0. The third-order valence-corrected chi connectivity index (χ3v) is 6.97. The molecule has 0 radical (unpaired) electrons. The lowest BCUT2D eigenvalue weighted by atomic mass is 9.86. The molecule has 2 aromatic heterocycles. The lowest BCUT2D eigenvalue weighted by molar-refractivity contribution is -0.172. The van der Waals surface area contributed by atoms with Crippen molar-refractivity contribution in [3.05, 3.63) is 62.9 Å². The monoisotopic (exact) mass is 457 g/mol. The molecule has 1 N–H and O–H groups in total. The number of carbonyl (C=O) groups excluding carboxylic acids is 1. The normalized spacial score (nSPS) is 18.2. The third kappa shape index (κ3) is 3.33. The Labute approximate surface area is 198 Å². The molecular weight excluding hydrogens is 430 g/mol. The first-order chi connectivity index (χ1) is 16.4. The highest BCUT2D eigenvalue weighted by Crippen LogP contribution is 2.39. The molecule has 3 aromatic rings. The van der Waals surface area contributed by atoms with Crippen LogP contribution in [0.5, 0.6) is 0 Å². The fourth-order valence-corrected chi connectivity index (χ4v) is 4.73. The van der Waals surface area contributed by atoms with E-state index < -0.39 is 11.6 Å². The second-order valence-electron chi connectivity index (χ2n) is 8.88. The van der Waals surface area contributed by atoms with Gasteiger partial charge in [0.1, 0.15) is 6.61 Å². The highest BCUT2D eigenvalue weighted by atomic mass is 16.6. The summed E-state index contributed by atoms with van der Waals surface area (Å²) in [7, 11) is 2.07. The molecule has 4 heterocycles. The van der Waals surface area contributed by atoms with E-state index in [2.05, 4.69) is 30.7 Å². The van der Waals surface area contributed by atoms with Crippen molar-refractivity contribution in [3.8, 4) is 23.2 Å². The highest BCUT2D eigenvalue weighted by Gasteiger charge is 2.45. The van der Waals surface area contributed by atoms with Gasteiger partial charge in [-0.25, -0.2) is 9.78 Å². The summed E-state index contributed by atoms with van der Waals surface area (Å²) in [5.74, 6) is 5.95. The summed E-state index contributed by atoms with van der Waals surface area (Å²) < 4.78 is 6.82. The number of pyridine rings is 2. The minimum Gasteiger partial charge on any atom is -0.458 e. The minimum absolute atomic E-state index is 0.114. The van der Waals surface area contributed by atoms with Gasteiger partial charge in [-0.3, -0.25) is 4.79 Å². The molecule has 7 nitrogen and oxygen atoms in total. The topological polar surface area (TPSA) is 84.7 Å². The maximum absolute atomic E-state index is 13.4. The maximum atomic E-state index is 13.4. The molecule has 1 atom stereocenters. The fraction of sp³-hybridized carbons (Fsp3) is 0.370. The van der Waals surface area contributed by atoms with Crippen molar-refractivity contribution in [1.82, 2.24) is 14.5 Å². The molecule has 0 amide bonds. The molecule has 1 aromatic carbocycles. The molecule has 2 aliphatic heterocycles. The second-order valence-corrected chi connectivity index (χ2v) is 8.88. The van der Waals surface area contributed by atoms with Crippen molar-refractivity contribution in [1.29, 1.82) is 0 Å². The SMILES string of the molecule is CCN(C)CCC#Cc1c2c(nc3ccccc13)-c1cc3c(c(=O)n1C2)COC(=O)[C@]3(O)CC. The summed E-state index contributed by atoms with van der Waals surface area (Å²) in [5, 5.41) is 12.0. The summed E-state index contributed by atoms with van der Waals surface area (Å²) in [5.41, 5.74) is 2.36. The number of hydrogen-bond donors (Lipinski definition) is 1. The smallest absolute Gasteiger partial charge is 0.343 e. The van der Waals surface area contributed by atoms with Gasteiger partial charge in [-0.15, -0.1) is 0 Å². The van der Waals surface area contributed by atoms with E-state index in [4.69, 9.17) is 9.72 Å². The van der Waals surface area contributed by atoms with Gasteiger partial charge < -0.3 is 19.3 Å². The number of cyclic esters (lactones) is 1. The zero-order valence-corrected chi connectivity index (χ0v) is 19.6. The van der Waals surface area contributed by atoms with E-state index in [9.17, 15) is 14.7 Å². The summed E-state index contributed by atoms with van der Waals surface area (Å²) in [6, 6.07) is 9.57. The Hall–Kier alpha value is -3.47. The second kappa shape index (κ2) is 8.39. The van der Waals surface area contributed by atoms with Crippen LogP contribution >= 0.6 is 0 Å².